The van der Waals surface area contributed by atoms with Crippen LogP contribution in [0.1, 0.15) is 41.6 Å². The van der Waals surface area contributed by atoms with Crippen molar-refractivity contribution >= 4 is 23.3 Å². The van der Waals surface area contributed by atoms with Crippen LogP contribution in [-0.2, 0) is 30.6 Å². The van der Waals surface area contributed by atoms with Crippen molar-refractivity contribution in [2.45, 2.75) is 57.2 Å². The van der Waals surface area contributed by atoms with E-state index in [0.29, 0.717) is 24.7 Å². The van der Waals surface area contributed by atoms with Gasteiger partial charge in [-0.15, -0.1) is 0 Å². The van der Waals surface area contributed by atoms with Gasteiger partial charge in [-0.3, -0.25) is 9.69 Å². The molecule has 2 atom stereocenters. The molecule has 9 nitrogen and oxygen atoms in total. The normalized spacial score (nSPS) is 21.1. The van der Waals surface area contributed by atoms with Crippen molar-refractivity contribution in [3.8, 4) is 12.1 Å². The Morgan fingerprint density at radius 1 is 1.21 bits per heavy atom. The molecule has 0 aliphatic carbocycles. The number of halogens is 5. The number of aromatic nitrogens is 2. The number of anilines is 1. The fourth-order valence-electron chi connectivity index (χ4n) is 6.04. The summed E-state index contributed by atoms with van der Waals surface area (Å²) in [5, 5.41) is 9.62. The first kappa shape index (κ1) is 31.0. The lowest BCUT2D eigenvalue weighted by molar-refractivity contribution is -0.138. The van der Waals surface area contributed by atoms with E-state index in [2.05, 4.69) is 22.5 Å². The van der Waals surface area contributed by atoms with E-state index >= 15 is 0 Å². The highest BCUT2D eigenvalue weighted by Crippen LogP contribution is 2.37. The zero-order chi connectivity index (χ0) is 30.9. The smallest absolute Gasteiger partial charge is 0.416 e. The molecule has 1 aromatic heterocycles. The topological polar surface area (TPSA) is 88.8 Å². The number of carbonyl (C=O) groups is 1. The Morgan fingerprint density at radius 2 is 2.00 bits per heavy atom. The van der Waals surface area contributed by atoms with Gasteiger partial charge in [0, 0.05) is 55.9 Å². The lowest BCUT2D eigenvalue weighted by Gasteiger charge is -2.41. The summed E-state index contributed by atoms with van der Waals surface area (Å²) in [4.78, 5) is 29.1. The van der Waals surface area contributed by atoms with Gasteiger partial charge >= 0.3 is 12.2 Å². The first-order chi connectivity index (χ1) is 20.4. The van der Waals surface area contributed by atoms with Crippen LogP contribution in [0.15, 0.2) is 30.6 Å². The Bertz CT molecular complexity index is 1430. The van der Waals surface area contributed by atoms with Crippen LogP contribution in [0.3, 0.4) is 0 Å². The Morgan fingerprint density at radius 3 is 2.67 bits per heavy atom. The number of hydrogen-bond acceptors (Lipinski definition) is 8. The number of ether oxygens (including phenoxy) is 1. The van der Waals surface area contributed by atoms with Gasteiger partial charge in [-0.2, -0.15) is 28.4 Å². The molecule has 0 saturated carbocycles. The molecule has 1 aromatic carbocycles. The number of rotatable bonds is 8. The fourth-order valence-corrected chi connectivity index (χ4v) is 6.23. The summed E-state index contributed by atoms with van der Waals surface area (Å²) in [5.41, 5.74) is 0.656. The molecule has 0 unspecified atom stereocenters. The first-order valence-electron chi connectivity index (χ1n) is 14.0. The lowest BCUT2D eigenvalue weighted by Crippen LogP contribution is -2.55. The monoisotopic (exact) mass is 621 g/mol. The van der Waals surface area contributed by atoms with Gasteiger partial charge < -0.3 is 19.4 Å². The maximum absolute atomic E-state index is 13.8. The summed E-state index contributed by atoms with van der Waals surface area (Å²) in [6.45, 7) is 5.60. The Hall–Kier alpha value is -3.47. The summed E-state index contributed by atoms with van der Waals surface area (Å²) in [7, 11) is 2.03. The van der Waals surface area contributed by atoms with Crippen molar-refractivity contribution in [1.82, 2.24) is 24.7 Å². The molecular weight excluding hydrogens is 590 g/mol. The van der Waals surface area contributed by atoms with Crippen molar-refractivity contribution in [1.29, 1.82) is 5.26 Å². The molecule has 0 bridgehead atoms. The molecule has 230 valence electrons. The highest BCUT2D eigenvalue weighted by Gasteiger charge is 2.37. The molecule has 2 aromatic rings. The number of piperazine rings is 1. The zero-order valence-electron chi connectivity index (χ0n) is 23.7. The highest BCUT2D eigenvalue weighted by molar-refractivity contribution is 6.30. The lowest BCUT2D eigenvalue weighted by atomic mass is 10.1. The molecule has 3 aliphatic rings. The van der Waals surface area contributed by atoms with Gasteiger partial charge in [-0.25, -0.2) is 4.39 Å². The van der Waals surface area contributed by atoms with E-state index in [0.717, 1.165) is 31.0 Å². The molecule has 0 radical (unpaired) electrons. The minimum absolute atomic E-state index is 0.0216. The number of alkyl halides is 3. The number of hydrogen-bond donors (Lipinski definition) is 0. The van der Waals surface area contributed by atoms with Gasteiger partial charge in [0.2, 0.25) is 0 Å². The summed E-state index contributed by atoms with van der Waals surface area (Å²) in [6, 6.07) is 5.36. The molecular formula is C29H32ClF4N7O2. The molecule has 14 heteroatoms. The predicted octanol–water partition coefficient (Wildman–Crippen LogP) is 4.55. The molecule has 3 aliphatic heterocycles. The highest BCUT2D eigenvalue weighted by atomic mass is 35.5. The molecule has 5 rings (SSSR count). The summed E-state index contributed by atoms with van der Waals surface area (Å²) in [5.74, 6) is -1.43. The van der Waals surface area contributed by atoms with E-state index in [9.17, 15) is 27.6 Å². The van der Waals surface area contributed by atoms with Crippen LogP contribution in [-0.4, -0.2) is 82.5 Å². The fraction of sp³-hybridized carbons (Fsp3) is 0.517. The Balaban J connectivity index is 1.44. The molecule has 0 spiro atoms. The van der Waals surface area contributed by atoms with Gasteiger partial charge in [0.05, 0.1) is 29.8 Å². The van der Waals surface area contributed by atoms with E-state index in [1.54, 1.807) is 0 Å². The largest absolute Gasteiger partial charge is 0.462 e. The third kappa shape index (κ3) is 6.87. The molecule has 0 N–H and O–H groups in total. The minimum Gasteiger partial charge on any atom is -0.462 e. The van der Waals surface area contributed by atoms with Crippen LogP contribution in [0.4, 0.5) is 23.4 Å². The van der Waals surface area contributed by atoms with E-state index in [4.69, 9.17) is 21.3 Å². The second kappa shape index (κ2) is 12.6. The van der Waals surface area contributed by atoms with Crippen LogP contribution < -0.4 is 9.64 Å². The van der Waals surface area contributed by atoms with E-state index < -0.39 is 29.5 Å². The van der Waals surface area contributed by atoms with E-state index in [-0.39, 0.29) is 61.8 Å². The summed E-state index contributed by atoms with van der Waals surface area (Å²) >= 11 is 6.07. The van der Waals surface area contributed by atoms with E-state index in [1.165, 1.54) is 17.0 Å². The molecule has 2 saturated heterocycles. The van der Waals surface area contributed by atoms with Crippen molar-refractivity contribution < 1.29 is 27.1 Å². The molecule has 43 heavy (non-hydrogen) atoms. The third-order valence-electron chi connectivity index (χ3n) is 8.25. The van der Waals surface area contributed by atoms with E-state index in [1.807, 2.05) is 16.8 Å². The Labute approximate surface area is 252 Å². The number of amides is 1. The number of nitriles is 1. The number of likely N-dealkylation sites (N-methyl/N-ethyl adjacent to an activating group) is 1. The average Bonchev–Trinajstić information content (AvgIpc) is 3.55. The van der Waals surface area contributed by atoms with Crippen molar-refractivity contribution in [3.63, 3.8) is 0 Å². The third-order valence-corrected chi connectivity index (χ3v) is 8.49. The molecule has 2 fully saturated rings. The zero-order valence-corrected chi connectivity index (χ0v) is 24.5. The van der Waals surface area contributed by atoms with Crippen LogP contribution in [0.2, 0.25) is 5.02 Å². The van der Waals surface area contributed by atoms with Gasteiger partial charge in [0.15, 0.2) is 5.83 Å². The quantitative estimate of drug-likeness (QED) is 0.313. The van der Waals surface area contributed by atoms with Crippen LogP contribution in [0.5, 0.6) is 6.01 Å². The second-order valence-corrected chi connectivity index (χ2v) is 11.6. The van der Waals surface area contributed by atoms with Crippen LogP contribution >= 0.6 is 11.6 Å². The second-order valence-electron chi connectivity index (χ2n) is 11.2. The summed E-state index contributed by atoms with van der Waals surface area (Å²) < 4.78 is 61.1. The number of nitrogens with zero attached hydrogens (tertiary/aromatic N) is 7. The van der Waals surface area contributed by atoms with Gasteiger partial charge in [0.25, 0.3) is 5.91 Å². The van der Waals surface area contributed by atoms with Crippen molar-refractivity contribution in [2.75, 3.05) is 44.7 Å². The number of fused-ring (bicyclic) bond motifs is 1. The number of likely N-dealkylation sites (tertiary alicyclic amines) is 1. The minimum atomic E-state index is -4.54. The molecule has 1 amide bonds. The number of benzene rings is 1. The van der Waals surface area contributed by atoms with Crippen LogP contribution in [0, 0.1) is 11.3 Å². The Kier molecular flexibility index (Phi) is 9.10. The SMILES string of the molecule is C=C(F)C(=O)N1CCN(c2nc(OC[C@@H]3CCCN3C)nc3c2CN(Cc2cc(Cl)ccc2C(F)(F)F)C3)C[C@@H]1CC#N. The standard InChI is InChI=1S/C29H32ClF4N7O2/c1-18(31)27(42)41-11-10-40(14-21(41)7-8-35)26-23-15-39(13-19-12-20(30)5-6-24(19)29(32,33)34)16-25(23)36-28(37-26)43-17-22-4-3-9-38(22)2/h5-6,12,21-22H,1,3-4,7,9-11,13-17H2,2H3/t21-,22-/m0/s1. The van der Waals surface area contributed by atoms with Crippen molar-refractivity contribution in [3.05, 3.63) is 58.0 Å². The van der Waals surface area contributed by atoms with Crippen LogP contribution in [0.25, 0.3) is 0 Å². The predicted molar refractivity (Wildman–Crippen MR) is 151 cm³/mol. The van der Waals surface area contributed by atoms with Crippen molar-refractivity contribution in [2.24, 2.45) is 0 Å². The maximum atomic E-state index is 13.8. The average molecular weight is 622 g/mol. The first-order valence-corrected chi connectivity index (χ1v) is 14.4. The van der Waals surface area contributed by atoms with Gasteiger partial charge in [0.1, 0.15) is 12.4 Å². The number of carbonyl (C=O) groups excluding carboxylic acids is 1. The summed E-state index contributed by atoms with van der Waals surface area (Å²) in [6.07, 6.45) is -2.52. The van der Waals surface area contributed by atoms with Gasteiger partial charge in [-0.1, -0.05) is 18.2 Å². The maximum Gasteiger partial charge on any atom is 0.416 e. The molecule has 4 heterocycles. The van der Waals surface area contributed by atoms with Gasteiger partial charge in [-0.05, 0) is 50.2 Å².